The number of nitrogens with two attached hydrogens (primary N) is 1. The quantitative estimate of drug-likeness (QED) is 0.0476. The number of anilines is 2. The molecule has 4 atom stereocenters. The van der Waals surface area contributed by atoms with Gasteiger partial charge in [0.2, 0.25) is 5.91 Å². The van der Waals surface area contributed by atoms with Crippen LogP contribution in [-0.2, 0) is 27.9 Å². The monoisotopic (exact) mass is 1130 g/mol. The van der Waals surface area contributed by atoms with Gasteiger partial charge < -0.3 is 22.9 Å². The van der Waals surface area contributed by atoms with Gasteiger partial charge in [0.1, 0.15) is 11.9 Å². The molecule has 11 nitrogen and oxygen atoms in total. The van der Waals surface area contributed by atoms with Crippen molar-refractivity contribution in [1.29, 1.82) is 0 Å². The summed E-state index contributed by atoms with van der Waals surface area (Å²) in [5.41, 5.74) is 17.3. The fourth-order valence-corrected chi connectivity index (χ4v) is 11.1. The Bertz CT molecular complexity index is 2720. The number of benzene rings is 2. The average Bonchev–Trinajstić information content (AvgIpc) is 4.08. The van der Waals surface area contributed by atoms with E-state index in [0.29, 0.717) is 30.5 Å². The van der Waals surface area contributed by atoms with Gasteiger partial charge >= 0.3 is 51.4 Å². The minimum atomic E-state index is -0.484. The van der Waals surface area contributed by atoms with Crippen LogP contribution in [0.3, 0.4) is 0 Å². The second kappa shape index (κ2) is 34.1. The van der Waals surface area contributed by atoms with Crippen LogP contribution in [0.1, 0.15) is 204 Å². The molecule has 2 aromatic carbocycles. The molecule has 0 saturated heterocycles. The second-order valence-electron chi connectivity index (χ2n) is 22.4. The number of nitrogens with one attached hydrogen (secondary N) is 1. The van der Waals surface area contributed by atoms with E-state index in [1.54, 1.807) is 21.9 Å². The van der Waals surface area contributed by atoms with Crippen LogP contribution in [0.2, 0.25) is 0 Å². The molecule has 4 aromatic rings. The number of fused-ring (bicyclic) bond motifs is 2. The molecule has 0 fully saturated rings. The number of rotatable bonds is 21. The van der Waals surface area contributed by atoms with E-state index < -0.39 is 6.04 Å². The molecule has 3 N–H and O–H groups in total. The molecule has 7 rings (SSSR count). The molecule has 3 aliphatic rings. The normalized spacial score (nSPS) is 16.7. The third kappa shape index (κ3) is 18.1. The van der Waals surface area contributed by atoms with Crippen molar-refractivity contribution in [3.63, 3.8) is 0 Å². The van der Waals surface area contributed by atoms with E-state index in [-0.39, 0.29) is 92.0 Å². The first-order valence-corrected chi connectivity index (χ1v) is 30.0. The number of primary amides is 1. The first-order chi connectivity index (χ1) is 37.7. The van der Waals surface area contributed by atoms with E-state index in [9.17, 15) is 18.8 Å². The molecule has 5 heterocycles. The van der Waals surface area contributed by atoms with E-state index in [4.69, 9.17) is 10.6 Å². The van der Waals surface area contributed by atoms with E-state index in [1.165, 1.54) is 75.7 Å². The molecule has 0 aliphatic carbocycles. The van der Waals surface area contributed by atoms with E-state index in [1.807, 2.05) is 59.0 Å². The number of amides is 1. The van der Waals surface area contributed by atoms with Crippen molar-refractivity contribution < 1.29 is 70.2 Å². The Labute approximate surface area is 525 Å². The van der Waals surface area contributed by atoms with E-state index in [0.717, 1.165) is 94.9 Å². The number of hydrogen-bond acceptors (Lipinski definition) is 9. The molecule has 0 saturated carbocycles. The summed E-state index contributed by atoms with van der Waals surface area (Å²) >= 11 is 0. The Morgan fingerprint density at radius 1 is 0.975 bits per heavy atom. The fraction of sp³-hybridized carbons (Fsp3) is 0.567. The van der Waals surface area contributed by atoms with E-state index >= 15 is 0 Å². The first kappa shape index (κ1) is 70.5. The topological polar surface area (TPSA) is 126 Å². The molecule has 0 bridgehead atoms. The SMILES string of the molecule is CC.CC(=O)c1cc(C)c(C2=CCN(C(C)/C(C)=C/c3c(-n4ccc5c(c4=O)CCN5)ccnc3C)CC2)c(F)c1.CCCC(CCC)CN(CCC)C(C)CC.[CH2-]CCC(C(N)=O)N1OC(C)C(C)(C)c2cc(CC)ccc21.[K+]. The van der Waals surface area contributed by atoms with Crippen molar-refractivity contribution in [2.45, 2.75) is 211 Å². The first-order valence-electron chi connectivity index (χ1n) is 30.0. The van der Waals surface area contributed by atoms with Gasteiger partial charge in [-0.05, 0) is 165 Å². The van der Waals surface area contributed by atoms with Gasteiger partial charge in [-0.2, -0.15) is 6.42 Å². The number of aromatic nitrogens is 2. The maximum Gasteiger partial charge on any atom is 1.00 e. The molecule has 0 radical (unpaired) electrons. The fourth-order valence-electron chi connectivity index (χ4n) is 11.1. The largest absolute Gasteiger partial charge is 1.00 e. The summed E-state index contributed by atoms with van der Waals surface area (Å²) in [4.78, 5) is 52.5. The molecular weight excluding hydrogens is 1020 g/mol. The van der Waals surface area contributed by atoms with Crippen LogP contribution in [0, 0.1) is 32.5 Å². The second-order valence-corrected chi connectivity index (χ2v) is 22.4. The molecule has 80 heavy (non-hydrogen) atoms. The van der Waals surface area contributed by atoms with Gasteiger partial charge in [-0.3, -0.25) is 33.7 Å². The summed E-state index contributed by atoms with van der Waals surface area (Å²) in [5.74, 6) is 0.0892. The van der Waals surface area contributed by atoms with Crippen LogP contribution in [0.15, 0.2) is 71.3 Å². The summed E-state index contributed by atoms with van der Waals surface area (Å²) in [6.07, 6.45) is 19.5. The van der Waals surface area contributed by atoms with Gasteiger partial charge in [0, 0.05) is 89.7 Å². The number of nitrogens with zero attached hydrogens (tertiary/aromatic N) is 5. The number of carbonyl (C=O) groups excluding carboxylic acids is 2. The Kier molecular flexibility index (Phi) is 30.0. The standard InChI is InChI=1S/C32H35FN4O2.C18H27N2O2.C15H33N.C2H6.K/c1-19(17-27-21(3)34-12-7-30(27)37-15-10-29-26(32(37)39)6-11-35-29)22(4)36-13-8-24(9-14-36)31-20(2)16-25(23(5)38)18-28(31)33;1-6-8-16(17(19)21)20-15-10-9-13(7-2)11-14(15)18(4,5)12(3)22-20;1-6-10-15(11-7-2)13-16(12-8-3)14(5)9-4;1-2;/h7-8,10,12,15-18,22,35H,6,9,11,13-14H2,1-5H3;9-12,16H,1,6-8H2,2-5H3,(H2,19,21);14-15H,6-13H2,1-5H3;1-2H3;/q;-1;;;+1/b19-17+;;;;. The van der Waals surface area contributed by atoms with Crippen molar-refractivity contribution in [2.24, 2.45) is 11.7 Å². The maximum atomic E-state index is 14.9. The van der Waals surface area contributed by atoms with Crippen molar-refractivity contribution in [3.8, 4) is 5.69 Å². The van der Waals surface area contributed by atoms with Gasteiger partial charge in [0.25, 0.3) is 5.56 Å². The third-order valence-electron chi connectivity index (χ3n) is 16.5. The molecule has 2 aromatic heterocycles. The summed E-state index contributed by atoms with van der Waals surface area (Å²) in [6.45, 7) is 42.5. The summed E-state index contributed by atoms with van der Waals surface area (Å²) in [6, 6.07) is 13.8. The van der Waals surface area contributed by atoms with Crippen LogP contribution < -0.4 is 73.1 Å². The third-order valence-corrected chi connectivity index (χ3v) is 16.5. The number of ketones is 1. The van der Waals surface area contributed by atoms with Crippen LogP contribution in [0.4, 0.5) is 15.8 Å². The van der Waals surface area contributed by atoms with Gasteiger partial charge in [-0.1, -0.05) is 105 Å². The number of aryl methyl sites for hydroxylation is 3. The Morgan fingerprint density at radius 2 is 1.66 bits per heavy atom. The van der Waals surface area contributed by atoms with Crippen LogP contribution in [0.25, 0.3) is 17.3 Å². The number of Topliss-reactive ketones (excluding diaryl/α,β-unsaturated/α-hetero) is 1. The smallest absolute Gasteiger partial charge is 0.384 e. The molecule has 3 aliphatic heterocycles. The van der Waals surface area contributed by atoms with Crippen molar-refractivity contribution in [1.82, 2.24) is 19.4 Å². The number of halogens is 1. The zero-order chi connectivity index (χ0) is 58.7. The Balaban J connectivity index is 0.000000347. The molecule has 4 unspecified atom stereocenters. The minimum Gasteiger partial charge on any atom is -0.384 e. The number of hydroxylamine groups is 1. The van der Waals surface area contributed by atoms with E-state index in [2.05, 4.69) is 121 Å². The number of carbonyl (C=O) groups is 2. The average molecular weight is 1130 g/mol. The van der Waals surface area contributed by atoms with Gasteiger partial charge in [-0.25, -0.2) is 9.45 Å². The van der Waals surface area contributed by atoms with Crippen LogP contribution in [-0.4, -0.2) is 88.0 Å². The summed E-state index contributed by atoms with van der Waals surface area (Å²) in [7, 11) is 0. The van der Waals surface area contributed by atoms with Crippen molar-refractivity contribution >= 4 is 34.7 Å². The van der Waals surface area contributed by atoms with Crippen molar-refractivity contribution in [2.75, 3.05) is 43.1 Å². The van der Waals surface area contributed by atoms with Crippen LogP contribution in [0.5, 0.6) is 0 Å². The summed E-state index contributed by atoms with van der Waals surface area (Å²) in [5, 5.41) is 4.98. The molecule has 436 valence electrons. The van der Waals surface area contributed by atoms with Gasteiger partial charge in [-0.15, -0.1) is 0 Å². The van der Waals surface area contributed by atoms with Gasteiger partial charge in [0.05, 0.1) is 17.5 Å². The molecule has 1 amide bonds. The maximum absolute atomic E-state index is 14.9. The number of hydrogen-bond donors (Lipinski definition) is 2. The van der Waals surface area contributed by atoms with Crippen LogP contribution >= 0.6 is 0 Å². The summed E-state index contributed by atoms with van der Waals surface area (Å²) < 4.78 is 16.7. The predicted octanol–water partition coefficient (Wildman–Crippen LogP) is 11.6. The minimum absolute atomic E-state index is 0. The zero-order valence-electron chi connectivity index (χ0n) is 52.6. The molecular formula is C67H101FKN7O4. The van der Waals surface area contributed by atoms with Crippen molar-refractivity contribution in [3.05, 3.63) is 134 Å². The molecule has 13 heteroatoms. The zero-order valence-corrected chi connectivity index (χ0v) is 55.7. The number of pyridine rings is 2. The Morgan fingerprint density at radius 3 is 2.23 bits per heavy atom. The predicted molar refractivity (Wildman–Crippen MR) is 331 cm³/mol. The Hall–Kier alpha value is -3.79. The molecule has 0 spiro atoms. The van der Waals surface area contributed by atoms with Gasteiger partial charge in [0.15, 0.2) is 5.78 Å².